The van der Waals surface area contributed by atoms with Crippen LogP contribution in [0.1, 0.15) is 38.2 Å². The number of amides is 1. The molecular weight excluding hydrogens is 328 g/mol. The Morgan fingerprint density at radius 2 is 2.08 bits per heavy atom. The third-order valence-electron chi connectivity index (χ3n) is 4.98. The summed E-state index contributed by atoms with van der Waals surface area (Å²) in [5.74, 6) is 1.31. The van der Waals surface area contributed by atoms with Crippen molar-refractivity contribution in [2.45, 2.75) is 38.1 Å². The van der Waals surface area contributed by atoms with Gasteiger partial charge in [0.15, 0.2) is 0 Å². The van der Waals surface area contributed by atoms with Gasteiger partial charge in [0.05, 0.1) is 6.54 Å². The predicted octanol–water partition coefficient (Wildman–Crippen LogP) is 2.28. The van der Waals surface area contributed by atoms with E-state index in [-0.39, 0.29) is 5.91 Å². The topological polar surface area (TPSA) is 68.2 Å². The van der Waals surface area contributed by atoms with E-state index in [9.17, 15) is 4.79 Å². The minimum Gasteiger partial charge on any atom is -0.491 e. The Labute approximate surface area is 154 Å². The van der Waals surface area contributed by atoms with Crippen molar-refractivity contribution in [2.24, 2.45) is 0 Å². The molecule has 0 unspecified atom stereocenters. The molecular formula is C20H28N4O2. The quantitative estimate of drug-likeness (QED) is 0.747. The first kappa shape index (κ1) is 18.5. The van der Waals surface area contributed by atoms with Gasteiger partial charge in [-0.1, -0.05) is 32.0 Å². The molecule has 0 bridgehead atoms. The number of ether oxygens (including phenoxy) is 1. The van der Waals surface area contributed by atoms with Gasteiger partial charge in [0.2, 0.25) is 5.91 Å². The average molecular weight is 356 g/mol. The number of nitrogens with zero attached hydrogens (tertiary/aromatic N) is 2. The molecule has 0 saturated carbocycles. The van der Waals surface area contributed by atoms with E-state index in [2.05, 4.69) is 35.6 Å². The largest absolute Gasteiger partial charge is 0.491 e. The Balaban J connectivity index is 1.58. The molecule has 2 N–H and O–H groups in total. The minimum atomic E-state index is -0.607. The molecule has 0 spiro atoms. The van der Waals surface area contributed by atoms with Gasteiger partial charge in [-0.25, -0.2) is 0 Å². The molecule has 2 aromatic rings. The van der Waals surface area contributed by atoms with Crippen LogP contribution in [0.25, 0.3) is 0 Å². The molecule has 0 aliphatic carbocycles. The molecule has 6 heteroatoms. The second-order valence-electron chi connectivity index (χ2n) is 7.03. The van der Waals surface area contributed by atoms with Crippen LogP contribution < -0.4 is 15.4 Å². The summed E-state index contributed by atoms with van der Waals surface area (Å²) in [6, 6.07) is 9.93. The van der Waals surface area contributed by atoms with E-state index in [0.717, 1.165) is 31.7 Å². The highest BCUT2D eigenvalue weighted by atomic mass is 16.5. The van der Waals surface area contributed by atoms with Gasteiger partial charge >= 0.3 is 0 Å². The van der Waals surface area contributed by atoms with Crippen molar-refractivity contribution in [3.05, 3.63) is 48.3 Å². The van der Waals surface area contributed by atoms with Gasteiger partial charge in [-0.05, 0) is 49.5 Å². The second-order valence-corrected chi connectivity index (χ2v) is 7.03. The summed E-state index contributed by atoms with van der Waals surface area (Å²) in [6.45, 7) is 6.84. The maximum absolute atomic E-state index is 12.9. The smallest absolute Gasteiger partial charge is 0.248 e. The summed E-state index contributed by atoms with van der Waals surface area (Å²) in [5, 5.41) is 10.7. The SMILES string of the molecule is CC(C)c1ccccc1OCCNC(=O)C1(n2cccn2)CCNCC1. The first-order valence-electron chi connectivity index (χ1n) is 9.34. The first-order chi connectivity index (χ1) is 12.6. The summed E-state index contributed by atoms with van der Waals surface area (Å²) in [7, 11) is 0. The molecule has 1 aromatic carbocycles. The molecule has 1 amide bonds. The van der Waals surface area contributed by atoms with Crippen molar-refractivity contribution in [1.29, 1.82) is 0 Å². The summed E-state index contributed by atoms with van der Waals surface area (Å²) in [6.07, 6.45) is 5.07. The third-order valence-corrected chi connectivity index (χ3v) is 4.98. The highest BCUT2D eigenvalue weighted by Gasteiger charge is 2.41. The van der Waals surface area contributed by atoms with E-state index in [4.69, 9.17) is 4.74 Å². The van der Waals surface area contributed by atoms with Crippen LogP contribution in [0.2, 0.25) is 0 Å². The van der Waals surface area contributed by atoms with Crippen LogP contribution in [0.5, 0.6) is 5.75 Å². The number of hydrogen-bond donors (Lipinski definition) is 2. The van der Waals surface area contributed by atoms with Gasteiger partial charge in [-0.3, -0.25) is 9.48 Å². The van der Waals surface area contributed by atoms with Crippen molar-refractivity contribution >= 4 is 5.91 Å². The fraction of sp³-hybridized carbons (Fsp3) is 0.500. The van der Waals surface area contributed by atoms with Crippen LogP contribution >= 0.6 is 0 Å². The first-order valence-corrected chi connectivity index (χ1v) is 9.34. The van der Waals surface area contributed by atoms with Crippen LogP contribution in [0.4, 0.5) is 0 Å². The van der Waals surface area contributed by atoms with E-state index in [1.54, 1.807) is 10.9 Å². The fourth-order valence-corrected chi connectivity index (χ4v) is 3.50. The van der Waals surface area contributed by atoms with Gasteiger partial charge in [0.25, 0.3) is 0 Å². The summed E-state index contributed by atoms with van der Waals surface area (Å²) in [4.78, 5) is 12.9. The lowest BCUT2D eigenvalue weighted by Gasteiger charge is -2.36. The number of nitrogens with one attached hydrogen (secondary N) is 2. The monoisotopic (exact) mass is 356 g/mol. The number of piperidine rings is 1. The van der Waals surface area contributed by atoms with Crippen molar-refractivity contribution in [3.63, 3.8) is 0 Å². The Bertz CT molecular complexity index is 706. The maximum atomic E-state index is 12.9. The minimum absolute atomic E-state index is 0.0171. The molecule has 1 aliphatic rings. The number of rotatable bonds is 7. The molecule has 0 radical (unpaired) electrons. The Kier molecular flexibility index (Phi) is 5.93. The third kappa shape index (κ3) is 3.90. The van der Waals surface area contributed by atoms with E-state index in [1.165, 1.54) is 5.56 Å². The number of hydrogen-bond acceptors (Lipinski definition) is 4. The second kappa shape index (κ2) is 8.36. The van der Waals surface area contributed by atoms with E-state index < -0.39 is 5.54 Å². The van der Waals surface area contributed by atoms with E-state index in [1.807, 2.05) is 30.5 Å². The fourth-order valence-electron chi connectivity index (χ4n) is 3.50. The summed E-state index contributed by atoms with van der Waals surface area (Å²) in [5.41, 5.74) is 0.579. The molecule has 0 atom stereocenters. The van der Waals surface area contributed by atoms with Crippen molar-refractivity contribution < 1.29 is 9.53 Å². The molecule has 1 saturated heterocycles. The molecule has 3 rings (SSSR count). The predicted molar refractivity (Wildman–Crippen MR) is 101 cm³/mol. The Hall–Kier alpha value is -2.34. The normalized spacial score (nSPS) is 16.4. The van der Waals surface area contributed by atoms with Gasteiger partial charge in [0, 0.05) is 12.4 Å². The van der Waals surface area contributed by atoms with Gasteiger partial charge in [-0.2, -0.15) is 5.10 Å². The van der Waals surface area contributed by atoms with Crippen LogP contribution in [-0.4, -0.2) is 41.9 Å². The van der Waals surface area contributed by atoms with Crippen LogP contribution in [0, 0.1) is 0 Å². The lowest BCUT2D eigenvalue weighted by atomic mass is 9.87. The van der Waals surface area contributed by atoms with Crippen molar-refractivity contribution in [2.75, 3.05) is 26.2 Å². The molecule has 1 aromatic heterocycles. The Morgan fingerprint density at radius 3 is 2.77 bits per heavy atom. The van der Waals surface area contributed by atoms with E-state index in [0.29, 0.717) is 19.1 Å². The summed E-state index contributed by atoms with van der Waals surface area (Å²) >= 11 is 0. The highest BCUT2D eigenvalue weighted by Crippen LogP contribution is 2.27. The number of carbonyl (C=O) groups is 1. The molecule has 2 heterocycles. The number of carbonyl (C=O) groups excluding carboxylic acids is 1. The standard InChI is InChI=1S/C20H28N4O2/c1-16(2)17-6-3-4-7-18(17)26-15-13-22-19(25)20(8-11-21-12-9-20)24-14-5-10-23-24/h3-7,10,14,16,21H,8-9,11-13,15H2,1-2H3,(H,22,25). The van der Waals surface area contributed by atoms with Crippen molar-refractivity contribution in [3.8, 4) is 5.75 Å². The van der Waals surface area contributed by atoms with Gasteiger partial charge in [0.1, 0.15) is 17.9 Å². The molecule has 1 fully saturated rings. The van der Waals surface area contributed by atoms with Crippen molar-refractivity contribution in [1.82, 2.24) is 20.4 Å². The highest BCUT2D eigenvalue weighted by molar-refractivity contribution is 5.84. The Morgan fingerprint density at radius 1 is 1.31 bits per heavy atom. The van der Waals surface area contributed by atoms with Gasteiger partial charge in [-0.15, -0.1) is 0 Å². The molecule has 26 heavy (non-hydrogen) atoms. The van der Waals surface area contributed by atoms with Gasteiger partial charge < -0.3 is 15.4 Å². The number of aromatic nitrogens is 2. The van der Waals surface area contributed by atoms with Crippen LogP contribution in [-0.2, 0) is 10.3 Å². The number of benzene rings is 1. The lowest BCUT2D eigenvalue weighted by molar-refractivity contribution is -0.132. The zero-order chi connectivity index (χ0) is 18.4. The van der Waals surface area contributed by atoms with Crippen LogP contribution in [0.3, 0.4) is 0 Å². The lowest BCUT2D eigenvalue weighted by Crippen LogP contribution is -2.55. The zero-order valence-electron chi connectivity index (χ0n) is 15.6. The zero-order valence-corrected chi connectivity index (χ0v) is 15.6. The number of para-hydroxylation sites is 1. The maximum Gasteiger partial charge on any atom is 0.248 e. The molecule has 6 nitrogen and oxygen atoms in total. The molecule has 140 valence electrons. The average Bonchev–Trinajstić information content (AvgIpc) is 3.21. The van der Waals surface area contributed by atoms with E-state index >= 15 is 0 Å². The van der Waals surface area contributed by atoms with Crippen LogP contribution in [0.15, 0.2) is 42.7 Å². The molecule has 1 aliphatic heterocycles. The summed E-state index contributed by atoms with van der Waals surface area (Å²) < 4.78 is 7.71.